The van der Waals surface area contributed by atoms with E-state index < -0.39 is 28.9 Å². The molecule has 0 aliphatic carbocycles. The Kier molecular flexibility index (Phi) is 8.38. The Morgan fingerprint density at radius 3 is 2.06 bits per heavy atom. The predicted molar refractivity (Wildman–Crippen MR) is 137 cm³/mol. The molecule has 0 bridgehead atoms. The van der Waals surface area contributed by atoms with Crippen molar-refractivity contribution >= 4 is 40.2 Å². The summed E-state index contributed by atoms with van der Waals surface area (Å²) in [5.41, 5.74) is -0.172. The smallest absolute Gasteiger partial charge is 0.411 e. The number of carbonyl (C=O) groups is 3. The molecule has 0 aliphatic rings. The lowest BCUT2D eigenvalue weighted by Crippen LogP contribution is -2.76. The minimum absolute atomic E-state index is 0.161. The molecule has 0 saturated carbocycles. The molecule has 10 nitrogen and oxygen atoms in total. The predicted octanol–water partition coefficient (Wildman–Crippen LogP) is 5.04. The molecular weight excluding hydrogens is 470 g/mol. The van der Waals surface area contributed by atoms with Gasteiger partial charge in [-0.3, -0.25) is 15.0 Å². The second-order valence-electron chi connectivity index (χ2n) is 10.3. The molecule has 1 unspecified atom stereocenters. The number of nitrogens with one attached hydrogen (secondary N) is 3. The lowest BCUT2D eigenvalue weighted by molar-refractivity contribution is -0.114. The van der Waals surface area contributed by atoms with Crippen LogP contribution in [0, 0.1) is 5.41 Å². The quantitative estimate of drug-likeness (QED) is 0.316. The number of rotatable bonds is 8. The number of carboxylic acid groups (broad SMARTS) is 2. The number of nitrogens with zero attached hydrogens (tertiary/aromatic N) is 2. The van der Waals surface area contributed by atoms with Gasteiger partial charge in [0.05, 0.1) is 0 Å². The summed E-state index contributed by atoms with van der Waals surface area (Å²) in [6.07, 6.45) is 0.626. The van der Waals surface area contributed by atoms with E-state index in [1.807, 2.05) is 12.1 Å². The summed E-state index contributed by atoms with van der Waals surface area (Å²) in [6.45, 7) is 11.9. The first-order valence-electron chi connectivity index (χ1n) is 11.2. The standard InChI is InChI=1S/C24H35N5O5S/c1-15(30)26-19-25-14-18(35-19)13-10-16-8-11-17(12-9-16)27-24(22(2,3)4,28-20(31)32)29(21(33)34)23(5,6)7/h8-9,11-12,14,27-28H,10,13H2,1-7H3,(H,31,32)(H,33,34)(H,25,26,30). The van der Waals surface area contributed by atoms with Crippen molar-refractivity contribution in [1.29, 1.82) is 0 Å². The molecule has 2 rings (SSSR count). The van der Waals surface area contributed by atoms with Crippen molar-refractivity contribution in [2.24, 2.45) is 5.41 Å². The highest BCUT2D eigenvalue weighted by Gasteiger charge is 2.54. The number of hydrogen-bond donors (Lipinski definition) is 5. The van der Waals surface area contributed by atoms with Crippen LogP contribution in [0.2, 0.25) is 0 Å². The highest BCUT2D eigenvalue weighted by Crippen LogP contribution is 2.39. The van der Waals surface area contributed by atoms with E-state index in [1.54, 1.807) is 59.9 Å². The molecule has 35 heavy (non-hydrogen) atoms. The Hall–Kier alpha value is -3.34. The normalized spacial score (nSPS) is 13.5. The molecule has 0 radical (unpaired) electrons. The van der Waals surface area contributed by atoms with E-state index in [1.165, 1.54) is 18.3 Å². The summed E-state index contributed by atoms with van der Waals surface area (Å²) in [6, 6.07) is 7.43. The van der Waals surface area contributed by atoms with Gasteiger partial charge in [-0.15, -0.1) is 11.3 Å². The van der Waals surface area contributed by atoms with Crippen molar-refractivity contribution in [2.45, 2.75) is 72.6 Å². The van der Waals surface area contributed by atoms with Crippen molar-refractivity contribution in [1.82, 2.24) is 15.2 Å². The second kappa shape index (κ2) is 10.5. The minimum atomic E-state index is -1.66. The summed E-state index contributed by atoms with van der Waals surface area (Å²) < 4.78 is 0. The zero-order chi connectivity index (χ0) is 26.6. The summed E-state index contributed by atoms with van der Waals surface area (Å²) in [5, 5.41) is 28.6. The highest BCUT2D eigenvalue weighted by molar-refractivity contribution is 7.15. The van der Waals surface area contributed by atoms with Crippen LogP contribution in [-0.4, -0.2) is 49.5 Å². The van der Waals surface area contributed by atoms with Crippen LogP contribution >= 0.6 is 11.3 Å². The number of aromatic nitrogens is 1. The molecule has 11 heteroatoms. The number of benzene rings is 1. The van der Waals surface area contributed by atoms with Gasteiger partial charge < -0.3 is 20.8 Å². The molecule has 1 atom stereocenters. The summed E-state index contributed by atoms with van der Waals surface area (Å²) >= 11 is 1.43. The van der Waals surface area contributed by atoms with Crippen LogP contribution in [0.25, 0.3) is 0 Å². The van der Waals surface area contributed by atoms with Crippen LogP contribution in [-0.2, 0) is 17.6 Å². The van der Waals surface area contributed by atoms with Gasteiger partial charge in [0, 0.05) is 34.6 Å². The summed E-state index contributed by atoms with van der Waals surface area (Å²) in [7, 11) is 0. The summed E-state index contributed by atoms with van der Waals surface area (Å²) in [4.78, 5) is 41.7. The molecule has 5 N–H and O–H groups in total. The van der Waals surface area contributed by atoms with Gasteiger partial charge in [0.2, 0.25) is 11.7 Å². The van der Waals surface area contributed by atoms with Gasteiger partial charge in [0.1, 0.15) is 0 Å². The van der Waals surface area contributed by atoms with E-state index in [4.69, 9.17) is 0 Å². The molecule has 2 aromatic rings. The fourth-order valence-corrected chi connectivity index (χ4v) is 4.66. The third kappa shape index (κ3) is 7.08. The van der Waals surface area contributed by atoms with E-state index in [0.29, 0.717) is 10.8 Å². The molecule has 0 aliphatic heterocycles. The maximum atomic E-state index is 12.4. The van der Waals surface area contributed by atoms with E-state index in [0.717, 1.165) is 28.2 Å². The highest BCUT2D eigenvalue weighted by atomic mass is 32.1. The van der Waals surface area contributed by atoms with Crippen LogP contribution in [0.1, 0.15) is 58.9 Å². The third-order valence-electron chi connectivity index (χ3n) is 5.35. The van der Waals surface area contributed by atoms with E-state index in [-0.39, 0.29) is 5.91 Å². The van der Waals surface area contributed by atoms with Gasteiger partial charge >= 0.3 is 12.2 Å². The molecule has 1 aromatic heterocycles. The largest absolute Gasteiger partial charge is 0.465 e. The zero-order valence-electron chi connectivity index (χ0n) is 21.2. The number of aryl methyl sites for hydroxylation is 2. The first-order valence-corrected chi connectivity index (χ1v) is 12.0. The van der Waals surface area contributed by atoms with Crippen LogP contribution < -0.4 is 16.0 Å². The number of amides is 3. The average Bonchev–Trinajstić information content (AvgIpc) is 3.11. The summed E-state index contributed by atoms with van der Waals surface area (Å²) in [5.74, 6) is -1.82. The maximum Gasteiger partial charge on any atom is 0.411 e. The Morgan fingerprint density at radius 2 is 1.60 bits per heavy atom. The van der Waals surface area contributed by atoms with Crippen LogP contribution in [0.3, 0.4) is 0 Å². The van der Waals surface area contributed by atoms with Gasteiger partial charge in [-0.1, -0.05) is 32.9 Å². The van der Waals surface area contributed by atoms with Crippen molar-refractivity contribution in [3.8, 4) is 0 Å². The number of hydrogen-bond acceptors (Lipinski definition) is 6. The Bertz CT molecular complexity index is 1060. The fourth-order valence-electron chi connectivity index (χ4n) is 3.80. The van der Waals surface area contributed by atoms with Crippen molar-refractivity contribution < 1.29 is 24.6 Å². The second-order valence-corrected chi connectivity index (χ2v) is 11.4. The van der Waals surface area contributed by atoms with Crippen LogP contribution in [0.4, 0.5) is 20.4 Å². The molecule has 1 heterocycles. The number of thiazole rings is 1. The van der Waals surface area contributed by atoms with Crippen molar-refractivity contribution in [2.75, 3.05) is 10.6 Å². The van der Waals surface area contributed by atoms with Gasteiger partial charge in [0.15, 0.2) is 5.13 Å². The maximum absolute atomic E-state index is 12.4. The van der Waals surface area contributed by atoms with Gasteiger partial charge in [-0.25, -0.2) is 14.6 Å². The average molecular weight is 506 g/mol. The van der Waals surface area contributed by atoms with Crippen LogP contribution in [0.5, 0.6) is 0 Å². The van der Waals surface area contributed by atoms with E-state index in [2.05, 4.69) is 20.9 Å². The zero-order valence-corrected chi connectivity index (χ0v) is 22.0. The monoisotopic (exact) mass is 505 g/mol. The third-order valence-corrected chi connectivity index (χ3v) is 6.32. The Morgan fingerprint density at radius 1 is 1.00 bits per heavy atom. The molecular formula is C24H35N5O5S. The fraction of sp³-hybridized carbons (Fsp3) is 0.500. The van der Waals surface area contributed by atoms with Crippen molar-refractivity contribution in [3.63, 3.8) is 0 Å². The molecule has 1 aromatic carbocycles. The molecule has 0 fully saturated rings. The topological polar surface area (TPSA) is 144 Å². The molecule has 3 amide bonds. The Balaban J connectivity index is 2.30. The van der Waals surface area contributed by atoms with Crippen LogP contribution in [0.15, 0.2) is 30.5 Å². The molecule has 192 valence electrons. The van der Waals surface area contributed by atoms with E-state index in [9.17, 15) is 24.6 Å². The molecule has 0 saturated heterocycles. The molecule has 0 spiro atoms. The number of carbonyl (C=O) groups excluding carboxylic acids is 1. The van der Waals surface area contributed by atoms with E-state index >= 15 is 0 Å². The SMILES string of the molecule is CC(=O)Nc1ncc(CCc2ccc(NC(NC(=O)O)(N(C(=O)O)C(C)(C)C)C(C)(C)C)cc2)s1. The lowest BCUT2D eigenvalue weighted by atomic mass is 9.82. The van der Waals surface area contributed by atoms with Crippen molar-refractivity contribution in [3.05, 3.63) is 40.9 Å². The van der Waals surface area contributed by atoms with Gasteiger partial charge in [0.25, 0.3) is 0 Å². The first-order chi connectivity index (χ1) is 16.0. The first kappa shape index (κ1) is 27.9. The van der Waals surface area contributed by atoms with Gasteiger partial charge in [-0.05, 0) is 51.3 Å². The lowest BCUT2D eigenvalue weighted by Gasteiger charge is -2.55. The number of anilines is 2. The Labute approximate surface area is 209 Å². The minimum Gasteiger partial charge on any atom is -0.465 e. The van der Waals surface area contributed by atoms with Gasteiger partial charge in [-0.2, -0.15) is 0 Å².